The molecule has 142 valence electrons. The van der Waals surface area contributed by atoms with Crippen molar-refractivity contribution in [2.24, 2.45) is 11.8 Å². The highest BCUT2D eigenvalue weighted by Gasteiger charge is 2.39. The number of carbonyl (C=O) groups excluding carboxylic acids is 1. The predicted molar refractivity (Wildman–Crippen MR) is 106 cm³/mol. The molecule has 3 heteroatoms. The average Bonchev–Trinajstić information content (AvgIpc) is 3.51. The fourth-order valence-corrected chi connectivity index (χ4v) is 4.99. The van der Waals surface area contributed by atoms with E-state index in [1.165, 1.54) is 62.7 Å². The van der Waals surface area contributed by atoms with Gasteiger partial charge in [0.05, 0.1) is 0 Å². The molecule has 2 aliphatic heterocycles. The quantitative estimate of drug-likeness (QED) is 0.801. The fraction of sp³-hybridized carbons (Fsp3) is 0.696. The highest BCUT2D eigenvalue weighted by Crippen LogP contribution is 2.36. The molecular weight excluding hydrogens is 320 g/mol. The number of aryl methyl sites for hydroxylation is 1. The molecule has 26 heavy (non-hydrogen) atoms. The number of hydrogen-bond donors (Lipinski definition) is 0. The lowest BCUT2D eigenvalue weighted by Gasteiger charge is -2.41. The van der Waals surface area contributed by atoms with Crippen molar-refractivity contribution < 1.29 is 4.79 Å². The molecule has 1 aliphatic carbocycles. The molecule has 4 rings (SSSR count). The second kappa shape index (κ2) is 8.12. The SMILES string of the molecule is Cc1ccccc1CN1CCC([C@@H]2CCCCCN2C(=O)C2CC2)CC1. The van der Waals surface area contributed by atoms with E-state index < -0.39 is 0 Å². The summed E-state index contributed by atoms with van der Waals surface area (Å²) in [6.45, 7) is 6.68. The Morgan fingerprint density at radius 2 is 1.73 bits per heavy atom. The van der Waals surface area contributed by atoms with E-state index in [-0.39, 0.29) is 0 Å². The number of likely N-dealkylation sites (tertiary alicyclic amines) is 2. The van der Waals surface area contributed by atoms with Gasteiger partial charge < -0.3 is 4.90 Å². The van der Waals surface area contributed by atoms with E-state index in [9.17, 15) is 4.79 Å². The molecule has 1 atom stereocenters. The minimum atomic E-state index is 0.372. The van der Waals surface area contributed by atoms with Gasteiger partial charge in [-0.05, 0) is 75.6 Å². The van der Waals surface area contributed by atoms with E-state index in [0.29, 0.717) is 23.8 Å². The first kappa shape index (κ1) is 18.0. The molecule has 2 heterocycles. The normalized spacial score (nSPS) is 25.9. The molecule has 0 spiro atoms. The minimum Gasteiger partial charge on any atom is -0.339 e. The van der Waals surface area contributed by atoms with Crippen LogP contribution in [-0.2, 0) is 11.3 Å². The monoisotopic (exact) mass is 354 g/mol. The lowest BCUT2D eigenvalue weighted by Crippen LogP contribution is -2.48. The van der Waals surface area contributed by atoms with E-state index in [0.717, 1.165) is 25.9 Å². The van der Waals surface area contributed by atoms with E-state index in [1.807, 2.05) is 0 Å². The summed E-state index contributed by atoms with van der Waals surface area (Å²) in [5, 5.41) is 0. The van der Waals surface area contributed by atoms with Gasteiger partial charge in [-0.3, -0.25) is 9.69 Å². The van der Waals surface area contributed by atoms with Crippen LogP contribution in [0.25, 0.3) is 0 Å². The molecule has 0 bridgehead atoms. The molecule has 0 unspecified atom stereocenters. The highest BCUT2D eigenvalue weighted by molar-refractivity contribution is 5.81. The van der Waals surface area contributed by atoms with Crippen molar-refractivity contribution in [3.63, 3.8) is 0 Å². The van der Waals surface area contributed by atoms with Crippen molar-refractivity contribution in [3.05, 3.63) is 35.4 Å². The Labute approximate surface area is 158 Å². The van der Waals surface area contributed by atoms with Crippen LogP contribution in [0.3, 0.4) is 0 Å². The largest absolute Gasteiger partial charge is 0.339 e. The van der Waals surface area contributed by atoms with Crippen molar-refractivity contribution >= 4 is 5.91 Å². The molecule has 0 N–H and O–H groups in total. The van der Waals surface area contributed by atoms with Crippen LogP contribution in [0.2, 0.25) is 0 Å². The van der Waals surface area contributed by atoms with Crippen LogP contribution in [0.5, 0.6) is 0 Å². The summed E-state index contributed by atoms with van der Waals surface area (Å²) < 4.78 is 0. The van der Waals surface area contributed by atoms with Gasteiger partial charge in [-0.2, -0.15) is 0 Å². The van der Waals surface area contributed by atoms with Gasteiger partial charge in [0, 0.05) is 25.0 Å². The summed E-state index contributed by atoms with van der Waals surface area (Å²) in [6, 6.07) is 9.29. The lowest BCUT2D eigenvalue weighted by molar-refractivity contribution is -0.136. The van der Waals surface area contributed by atoms with Crippen LogP contribution in [0.15, 0.2) is 24.3 Å². The number of hydrogen-bond acceptors (Lipinski definition) is 2. The average molecular weight is 355 g/mol. The van der Waals surface area contributed by atoms with Gasteiger partial charge in [0.15, 0.2) is 0 Å². The summed E-state index contributed by atoms with van der Waals surface area (Å²) in [5.74, 6) is 1.57. The molecule has 3 nitrogen and oxygen atoms in total. The van der Waals surface area contributed by atoms with Crippen LogP contribution in [0.1, 0.15) is 62.5 Å². The topological polar surface area (TPSA) is 23.6 Å². The Morgan fingerprint density at radius 1 is 0.962 bits per heavy atom. The number of piperidine rings is 1. The standard InChI is InChI=1S/C23H34N2O/c1-18-7-4-5-8-21(18)17-24-15-12-19(13-16-24)22-9-3-2-6-14-25(22)23(26)20-10-11-20/h4-5,7-8,19-20,22H,2-3,6,9-17H2,1H3/t22-/m0/s1. The van der Waals surface area contributed by atoms with Crippen molar-refractivity contribution in [1.82, 2.24) is 9.80 Å². The number of amides is 1. The Kier molecular flexibility index (Phi) is 5.63. The van der Waals surface area contributed by atoms with Crippen LogP contribution >= 0.6 is 0 Å². The molecule has 1 amide bonds. The maximum absolute atomic E-state index is 12.8. The molecule has 2 saturated heterocycles. The van der Waals surface area contributed by atoms with Gasteiger partial charge in [0.25, 0.3) is 0 Å². The third kappa shape index (κ3) is 4.14. The van der Waals surface area contributed by atoms with Gasteiger partial charge in [0.1, 0.15) is 0 Å². The van der Waals surface area contributed by atoms with Gasteiger partial charge in [-0.15, -0.1) is 0 Å². The first-order valence-electron chi connectivity index (χ1n) is 10.8. The Bertz CT molecular complexity index is 616. The summed E-state index contributed by atoms with van der Waals surface area (Å²) in [4.78, 5) is 17.8. The van der Waals surface area contributed by atoms with Crippen LogP contribution in [0.4, 0.5) is 0 Å². The van der Waals surface area contributed by atoms with Crippen molar-refractivity contribution in [2.75, 3.05) is 19.6 Å². The molecule has 3 fully saturated rings. The van der Waals surface area contributed by atoms with E-state index in [2.05, 4.69) is 41.0 Å². The molecule has 1 saturated carbocycles. The van der Waals surface area contributed by atoms with Crippen molar-refractivity contribution in [2.45, 2.75) is 70.9 Å². The Hall–Kier alpha value is -1.35. The second-order valence-electron chi connectivity index (χ2n) is 8.76. The molecule has 0 aromatic heterocycles. The van der Waals surface area contributed by atoms with Crippen LogP contribution < -0.4 is 0 Å². The van der Waals surface area contributed by atoms with Gasteiger partial charge >= 0.3 is 0 Å². The number of benzene rings is 1. The van der Waals surface area contributed by atoms with Gasteiger partial charge in [-0.25, -0.2) is 0 Å². The van der Waals surface area contributed by atoms with E-state index in [1.54, 1.807) is 0 Å². The zero-order chi connectivity index (χ0) is 17.9. The maximum Gasteiger partial charge on any atom is 0.225 e. The van der Waals surface area contributed by atoms with Gasteiger partial charge in [-0.1, -0.05) is 37.1 Å². The summed E-state index contributed by atoms with van der Waals surface area (Å²) >= 11 is 0. The smallest absolute Gasteiger partial charge is 0.225 e. The number of carbonyl (C=O) groups is 1. The Balaban J connectivity index is 1.36. The number of nitrogens with zero attached hydrogens (tertiary/aromatic N) is 2. The lowest BCUT2D eigenvalue weighted by atomic mass is 9.85. The van der Waals surface area contributed by atoms with Crippen LogP contribution in [0, 0.1) is 18.8 Å². The second-order valence-corrected chi connectivity index (χ2v) is 8.76. The Morgan fingerprint density at radius 3 is 2.46 bits per heavy atom. The van der Waals surface area contributed by atoms with Crippen molar-refractivity contribution in [3.8, 4) is 0 Å². The van der Waals surface area contributed by atoms with E-state index in [4.69, 9.17) is 0 Å². The zero-order valence-corrected chi connectivity index (χ0v) is 16.3. The summed E-state index contributed by atoms with van der Waals surface area (Å²) in [5.41, 5.74) is 2.87. The number of rotatable bonds is 4. The first-order valence-corrected chi connectivity index (χ1v) is 10.8. The molecule has 1 aromatic rings. The fourth-order valence-electron chi connectivity index (χ4n) is 4.99. The third-order valence-electron chi connectivity index (χ3n) is 6.84. The maximum atomic E-state index is 12.8. The zero-order valence-electron chi connectivity index (χ0n) is 16.3. The molecule has 0 radical (unpaired) electrons. The van der Waals surface area contributed by atoms with Gasteiger partial charge in [0.2, 0.25) is 5.91 Å². The molecule has 3 aliphatic rings. The highest BCUT2D eigenvalue weighted by atomic mass is 16.2. The summed E-state index contributed by atoms with van der Waals surface area (Å²) in [6.07, 6.45) is 9.84. The minimum absolute atomic E-state index is 0.372. The summed E-state index contributed by atoms with van der Waals surface area (Å²) in [7, 11) is 0. The third-order valence-corrected chi connectivity index (χ3v) is 6.84. The van der Waals surface area contributed by atoms with E-state index >= 15 is 0 Å². The molecule has 1 aromatic carbocycles. The first-order chi connectivity index (χ1) is 12.7. The predicted octanol–water partition coefficient (Wildman–Crippen LogP) is 4.39. The van der Waals surface area contributed by atoms with Crippen LogP contribution in [-0.4, -0.2) is 41.4 Å². The molecular formula is C23H34N2O. The van der Waals surface area contributed by atoms with Crippen molar-refractivity contribution in [1.29, 1.82) is 0 Å².